The molecule has 114 valence electrons. The van der Waals surface area contributed by atoms with Gasteiger partial charge in [0.2, 0.25) is 10.0 Å². The second-order valence-corrected chi connectivity index (χ2v) is 7.57. The van der Waals surface area contributed by atoms with Crippen LogP contribution in [0.5, 0.6) is 0 Å². The zero-order valence-electron chi connectivity index (χ0n) is 11.7. The normalized spacial score (nSPS) is 12.0. The van der Waals surface area contributed by atoms with E-state index < -0.39 is 10.0 Å². The highest BCUT2D eigenvalue weighted by Gasteiger charge is 2.24. The molecule has 2 rings (SSSR count). The summed E-state index contributed by atoms with van der Waals surface area (Å²) in [5, 5.41) is 13.1. The van der Waals surface area contributed by atoms with Gasteiger partial charge in [-0.1, -0.05) is 6.07 Å². The molecule has 8 heteroatoms. The number of sulfonamides is 1. The van der Waals surface area contributed by atoms with Crippen LogP contribution in [-0.2, 0) is 30.2 Å². The quantitative estimate of drug-likeness (QED) is 0.861. The Morgan fingerprint density at radius 2 is 2.10 bits per heavy atom. The first-order chi connectivity index (χ1) is 9.84. The summed E-state index contributed by atoms with van der Waals surface area (Å²) in [6.45, 7) is 0.106. The Balaban J connectivity index is 2.28. The van der Waals surface area contributed by atoms with Crippen LogP contribution in [0.4, 0.5) is 0 Å². The van der Waals surface area contributed by atoms with Crippen molar-refractivity contribution in [2.45, 2.75) is 18.0 Å². The zero-order chi connectivity index (χ0) is 15.6. The van der Waals surface area contributed by atoms with Gasteiger partial charge in [-0.2, -0.15) is 9.40 Å². The molecular formula is C13H16BrN3O3S. The van der Waals surface area contributed by atoms with Gasteiger partial charge < -0.3 is 5.11 Å². The third-order valence-corrected chi connectivity index (χ3v) is 5.81. The maximum absolute atomic E-state index is 12.6. The lowest BCUT2D eigenvalue weighted by atomic mass is 10.2. The number of benzene rings is 1. The van der Waals surface area contributed by atoms with Crippen molar-refractivity contribution in [3.05, 3.63) is 46.2 Å². The highest BCUT2D eigenvalue weighted by atomic mass is 79.9. The molecule has 1 aromatic carbocycles. The van der Waals surface area contributed by atoms with E-state index in [0.29, 0.717) is 10.0 Å². The molecule has 0 aliphatic heterocycles. The summed E-state index contributed by atoms with van der Waals surface area (Å²) in [4.78, 5) is 0.172. The lowest BCUT2D eigenvalue weighted by molar-refractivity contribution is 0.281. The Morgan fingerprint density at radius 3 is 2.62 bits per heavy atom. The average Bonchev–Trinajstić information content (AvgIpc) is 2.83. The molecule has 2 aromatic rings. The fraction of sp³-hybridized carbons (Fsp3) is 0.308. The van der Waals surface area contributed by atoms with Gasteiger partial charge in [0.1, 0.15) is 0 Å². The minimum atomic E-state index is -3.62. The van der Waals surface area contributed by atoms with Gasteiger partial charge in [-0.25, -0.2) is 8.42 Å². The van der Waals surface area contributed by atoms with E-state index in [9.17, 15) is 8.42 Å². The largest absolute Gasteiger partial charge is 0.392 e. The first kappa shape index (κ1) is 16.2. The van der Waals surface area contributed by atoms with Crippen LogP contribution in [0.3, 0.4) is 0 Å². The second kappa shape index (κ2) is 6.27. The Labute approximate surface area is 132 Å². The van der Waals surface area contributed by atoms with Crippen molar-refractivity contribution >= 4 is 26.0 Å². The van der Waals surface area contributed by atoms with E-state index in [2.05, 4.69) is 21.0 Å². The summed E-state index contributed by atoms with van der Waals surface area (Å²) in [6.07, 6.45) is 3.41. The van der Waals surface area contributed by atoms with Crippen molar-refractivity contribution in [2.24, 2.45) is 7.05 Å². The van der Waals surface area contributed by atoms with E-state index in [1.165, 1.54) is 17.4 Å². The van der Waals surface area contributed by atoms with E-state index in [1.54, 1.807) is 36.3 Å². The Morgan fingerprint density at radius 1 is 1.38 bits per heavy atom. The molecule has 0 spiro atoms. The van der Waals surface area contributed by atoms with Crippen LogP contribution in [0, 0.1) is 0 Å². The SMILES string of the molecule is CN(Cc1cnn(C)c1)S(=O)(=O)c1ccc(CO)cc1Br. The molecule has 21 heavy (non-hydrogen) atoms. The third-order valence-electron chi connectivity index (χ3n) is 3.03. The van der Waals surface area contributed by atoms with E-state index in [4.69, 9.17) is 5.11 Å². The van der Waals surface area contributed by atoms with Crippen molar-refractivity contribution < 1.29 is 13.5 Å². The highest BCUT2D eigenvalue weighted by Crippen LogP contribution is 2.26. The molecule has 1 heterocycles. The van der Waals surface area contributed by atoms with Gasteiger partial charge in [0.25, 0.3) is 0 Å². The number of halogens is 1. The Hall–Kier alpha value is -1.22. The lowest BCUT2D eigenvalue weighted by Gasteiger charge is -2.17. The number of aryl methyl sites for hydroxylation is 1. The number of hydrogen-bond acceptors (Lipinski definition) is 4. The third kappa shape index (κ3) is 3.52. The summed E-state index contributed by atoms with van der Waals surface area (Å²) >= 11 is 3.25. The number of rotatable bonds is 5. The molecule has 0 bridgehead atoms. The van der Waals surface area contributed by atoms with Crippen molar-refractivity contribution in [2.75, 3.05) is 7.05 Å². The zero-order valence-corrected chi connectivity index (χ0v) is 14.1. The number of aliphatic hydroxyl groups is 1. The molecule has 0 saturated heterocycles. The van der Waals surface area contributed by atoms with E-state index in [1.807, 2.05) is 0 Å². The molecule has 0 fully saturated rings. The van der Waals surface area contributed by atoms with Crippen molar-refractivity contribution in [3.63, 3.8) is 0 Å². The Bertz CT molecular complexity index is 743. The van der Waals surface area contributed by atoms with E-state index >= 15 is 0 Å². The van der Waals surface area contributed by atoms with Crippen LogP contribution in [0.1, 0.15) is 11.1 Å². The predicted molar refractivity (Wildman–Crippen MR) is 81.9 cm³/mol. The molecule has 0 unspecified atom stereocenters. The predicted octanol–water partition coefficient (Wildman–Crippen LogP) is 1.50. The topological polar surface area (TPSA) is 75.4 Å². The summed E-state index contributed by atoms with van der Waals surface area (Å²) in [5.74, 6) is 0. The molecule has 1 aromatic heterocycles. The van der Waals surface area contributed by atoms with Gasteiger partial charge in [0.05, 0.1) is 17.7 Å². The molecule has 0 aliphatic rings. The molecule has 6 nitrogen and oxygen atoms in total. The summed E-state index contributed by atoms with van der Waals surface area (Å²) < 4.78 is 28.5. The molecule has 0 aliphatic carbocycles. The molecule has 0 radical (unpaired) electrons. The summed E-state index contributed by atoms with van der Waals surface area (Å²) in [5.41, 5.74) is 1.46. The van der Waals surface area contributed by atoms with Crippen LogP contribution in [0.25, 0.3) is 0 Å². The van der Waals surface area contributed by atoms with Crippen LogP contribution >= 0.6 is 15.9 Å². The van der Waals surface area contributed by atoms with Crippen LogP contribution in [0.15, 0.2) is 40.0 Å². The van der Waals surface area contributed by atoms with Gasteiger partial charge in [0, 0.05) is 36.9 Å². The van der Waals surface area contributed by atoms with Crippen LogP contribution in [-0.4, -0.2) is 34.7 Å². The minimum absolute atomic E-state index is 0.134. The molecular weight excluding hydrogens is 358 g/mol. The first-order valence-corrected chi connectivity index (χ1v) is 8.41. The van der Waals surface area contributed by atoms with Gasteiger partial charge in [-0.05, 0) is 33.6 Å². The van der Waals surface area contributed by atoms with Gasteiger partial charge in [0.15, 0.2) is 0 Å². The monoisotopic (exact) mass is 373 g/mol. The summed E-state index contributed by atoms with van der Waals surface area (Å²) in [6, 6.07) is 4.69. The number of aromatic nitrogens is 2. The standard InChI is InChI=1S/C13H16BrN3O3S/c1-16-7-11(6-15-16)8-17(2)21(19,20)13-4-3-10(9-18)5-12(13)14/h3-7,18H,8-9H2,1-2H3. The van der Waals surface area contributed by atoms with Crippen LogP contribution < -0.4 is 0 Å². The van der Waals surface area contributed by atoms with Gasteiger partial charge >= 0.3 is 0 Å². The fourth-order valence-electron chi connectivity index (χ4n) is 1.92. The molecule has 1 N–H and O–H groups in total. The van der Waals surface area contributed by atoms with Crippen molar-refractivity contribution in [1.29, 1.82) is 0 Å². The summed E-state index contributed by atoms with van der Waals surface area (Å²) in [7, 11) is -0.313. The molecule has 0 amide bonds. The van der Waals surface area contributed by atoms with E-state index in [-0.39, 0.29) is 18.0 Å². The first-order valence-electron chi connectivity index (χ1n) is 6.17. The highest BCUT2D eigenvalue weighted by molar-refractivity contribution is 9.10. The number of hydrogen-bond donors (Lipinski definition) is 1. The average molecular weight is 374 g/mol. The molecule has 0 atom stereocenters. The Kier molecular flexibility index (Phi) is 4.82. The van der Waals surface area contributed by atoms with Gasteiger partial charge in [-0.15, -0.1) is 0 Å². The number of aliphatic hydroxyl groups excluding tert-OH is 1. The minimum Gasteiger partial charge on any atom is -0.392 e. The van der Waals surface area contributed by atoms with Crippen molar-refractivity contribution in [3.8, 4) is 0 Å². The molecule has 0 saturated carbocycles. The maximum atomic E-state index is 12.6. The van der Waals surface area contributed by atoms with Crippen LogP contribution in [0.2, 0.25) is 0 Å². The fourth-order valence-corrected chi connectivity index (χ4v) is 4.16. The lowest BCUT2D eigenvalue weighted by Crippen LogP contribution is -2.26. The van der Waals surface area contributed by atoms with Crippen molar-refractivity contribution in [1.82, 2.24) is 14.1 Å². The maximum Gasteiger partial charge on any atom is 0.244 e. The smallest absolute Gasteiger partial charge is 0.244 e. The van der Waals surface area contributed by atoms with Gasteiger partial charge in [-0.3, -0.25) is 4.68 Å². The van der Waals surface area contributed by atoms with E-state index in [0.717, 1.165) is 5.56 Å². The second-order valence-electron chi connectivity index (χ2n) is 4.71. The number of nitrogens with zero attached hydrogens (tertiary/aromatic N) is 3.